The molecule has 2 aromatic rings. The van der Waals surface area contributed by atoms with Crippen LogP contribution in [0.4, 0.5) is 11.4 Å². The van der Waals surface area contributed by atoms with Crippen molar-refractivity contribution in [2.75, 3.05) is 11.9 Å². The second kappa shape index (κ2) is 8.84. The molecule has 7 nitrogen and oxygen atoms in total. The Balaban J connectivity index is 2.56. The van der Waals surface area contributed by atoms with E-state index >= 15 is 0 Å². The van der Waals surface area contributed by atoms with Crippen molar-refractivity contribution < 1.29 is 23.1 Å². The maximum atomic E-state index is 11.3. The lowest BCUT2D eigenvalue weighted by Gasteiger charge is -2.15. The fraction of sp³-hybridized carbons (Fsp3) is 0.235. The molecule has 0 bridgehead atoms. The smallest absolute Gasteiger partial charge is 0.335 e. The van der Waals surface area contributed by atoms with Gasteiger partial charge in [0.15, 0.2) is 5.75 Å². The third kappa shape index (κ3) is 5.32. The number of hydrogen-bond donors (Lipinski definition) is 2. The zero-order chi connectivity index (χ0) is 18.2. The number of hydrogen-bond acceptors (Lipinski definition) is 6. The largest absolute Gasteiger partial charge is 0.478 e. The Morgan fingerprint density at radius 3 is 2.56 bits per heavy atom. The molecule has 2 aromatic carbocycles. The van der Waals surface area contributed by atoms with Gasteiger partial charge < -0.3 is 15.2 Å². The number of carbonyl (C=O) groups is 1. The summed E-state index contributed by atoms with van der Waals surface area (Å²) in [5.74, 6) is -0.535. The highest BCUT2D eigenvalue weighted by atomic mass is 32.2. The van der Waals surface area contributed by atoms with Crippen molar-refractivity contribution in [2.45, 2.75) is 19.8 Å². The van der Waals surface area contributed by atoms with Gasteiger partial charge in [-0.05, 0) is 30.7 Å². The Bertz CT molecular complexity index is 871. The van der Waals surface area contributed by atoms with Gasteiger partial charge in [0.1, 0.15) is 11.4 Å². The standard InChI is InChI=1S/C17H18N2O5S/c1-2-3-9-18-14-10-12(17(20)21)11-15(19-25(22)23)16(14)24-13-7-5-4-6-8-13/h4-8,10-11,18H,2-3,9H2,1H3,(H,20,21). The van der Waals surface area contributed by atoms with Crippen molar-refractivity contribution >= 4 is 27.8 Å². The van der Waals surface area contributed by atoms with Crippen LogP contribution in [0.2, 0.25) is 0 Å². The number of unbranched alkanes of at least 4 members (excludes halogenated alkanes) is 1. The summed E-state index contributed by atoms with van der Waals surface area (Å²) in [7, 11) is -2.75. The monoisotopic (exact) mass is 362 g/mol. The molecule has 0 atom stereocenters. The molecule has 0 aromatic heterocycles. The summed E-state index contributed by atoms with van der Waals surface area (Å²) in [6.07, 6.45) is 1.81. The number of nitrogens with zero attached hydrogens (tertiary/aromatic N) is 1. The molecule has 0 amide bonds. The van der Waals surface area contributed by atoms with E-state index in [2.05, 4.69) is 9.68 Å². The predicted molar refractivity (Wildman–Crippen MR) is 94.3 cm³/mol. The number of benzene rings is 2. The first-order valence-corrected chi connectivity index (χ1v) is 8.73. The summed E-state index contributed by atoms with van der Waals surface area (Å²) in [4.78, 5) is 11.3. The van der Waals surface area contributed by atoms with Gasteiger partial charge in [0.05, 0.1) is 11.3 Å². The molecular formula is C17H18N2O5S. The molecule has 8 heteroatoms. The van der Waals surface area contributed by atoms with Gasteiger partial charge >= 0.3 is 16.5 Å². The van der Waals surface area contributed by atoms with E-state index in [1.807, 2.05) is 13.0 Å². The summed E-state index contributed by atoms with van der Waals surface area (Å²) in [6.45, 7) is 2.61. The molecule has 2 rings (SSSR count). The van der Waals surface area contributed by atoms with Crippen LogP contribution in [-0.4, -0.2) is 26.0 Å². The van der Waals surface area contributed by atoms with Crippen LogP contribution >= 0.6 is 0 Å². The van der Waals surface area contributed by atoms with Crippen molar-refractivity contribution in [1.29, 1.82) is 0 Å². The first-order valence-electron chi connectivity index (χ1n) is 7.70. The molecule has 0 radical (unpaired) electrons. The fourth-order valence-corrected chi connectivity index (χ4v) is 2.43. The number of ether oxygens (including phenoxy) is 1. The van der Waals surface area contributed by atoms with Crippen molar-refractivity contribution in [1.82, 2.24) is 0 Å². The molecule has 0 aliphatic rings. The normalized spacial score (nSPS) is 10.1. The molecule has 0 aliphatic carbocycles. The first kappa shape index (κ1) is 18.5. The lowest BCUT2D eigenvalue weighted by atomic mass is 10.1. The first-order chi connectivity index (χ1) is 12.0. The van der Waals surface area contributed by atoms with Crippen molar-refractivity contribution in [3.05, 3.63) is 48.0 Å². The molecule has 2 N–H and O–H groups in total. The Hall–Kier alpha value is -2.87. The highest BCUT2D eigenvalue weighted by Crippen LogP contribution is 2.40. The lowest BCUT2D eigenvalue weighted by Crippen LogP contribution is -2.05. The molecule has 25 heavy (non-hydrogen) atoms. The second-order valence-electron chi connectivity index (χ2n) is 5.18. The van der Waals surface area contributed by atoms with Crippen LogP contribution in [0.15, 0.2) is 46.8 Å². The highest BCUT2D eigenvalue weighted by Gasteiger charge is 2.17. The Morgan fingerprint density at radius 2 is 1.96 bits per heavy atom. The van der Waals surface area contributed by atoms with E-state index in [4.69, 9.17) is 4.74 Å². The predicted octanol–water partition coefficient (Wildman–Crippen LogP) is 4.08. The minimum absolute atomic E-state index is 0.0731. The molecule has 0 aliphatic heterocycles. The summed E-state index contributed by atoms with van der Waals surface area (Å²) in [5.41, 5.74) is 0.223. The molecule has 0 unspecified atom stereocenters. The van der Waals surface area contributed by atoms with Gasteiger partial charge in [-0.15, -0.1) is 4.36 Å². The van der Waals surface area contributed by atoms with Gasteiger partial charge in [-0.25, -0.2) is 4.79 Å². The third-order valence-corrected chi connectivity index (χ3v) is 3.64. The van der Waals surface area contributed by atoms with Crippen LogP contribution in [0, 0.1) is 0 Å². The van der Waals surface area contributed by atoms with E-state index in [0.717, 1.165) is 12.8 Å². The number of aromatic carboxylic acids is 1. The number of carboxylic acid groups (broad SMARTS) is 1. The minimum Gasteiger partial charge on any atom is -0.478 e. The zero-order valence-electron chi connectivity index (χ0n) is 13.6. The molecule has 0 heterocycles. The molecular weight excluding hydrogens is 344 g/mol. The van der Waals surface area contributed by atoms with Crippen molar-refractivity contribution in [2.24, 2.45) is 4.36 Å². The van der Waals surface area contributed by atoms with Gasteiger partial charge in [-0.1, -0.05) is 31.5 Å². The average Bonchev–Trinajstić information content (AvgIpc) is 2.57. The number of nitrogens with one attached hydrogen (secondary N) is 1. The number of anilines is 1. The lowest BCUT2D eigenvalue weighted by molar-refractivity contribution is 0.0697. The Kier molecular flexibility index (Phi) is 6.53. The number of rotatable bonds is 8. The number of para-hydroxylation sites is 1. The topological polar surface area (TPSA) is 105 Å². The molecule has 0 saturated carbocycles. The van der Waals surface area contributed by atoms with Crippen molar-refractivity contribution in [3.63, 3.8) is 0 Å². The average molecular weight is 362 g/mol. The van der Waals surface area contributed by atoms with E-state index < -0.39 is 16.5 Å². The molecule has 132 valence electrons. The summed E-state index contributed by atoms with van der Waals surface area (Å²) in [6, 6.07) is 11.3. The van der Waals surface area contributed by atoms with Crippen LogP contribution in [0.1, 0.15) is 30.1 Å². The van der Waals surface area contributed by atoms with Crippen LogP contribution in [0.25, 0.3) is 0 Å². The minimum atomic E-state index is -2.75. The van der Waals surface area contributed by atoms with E-state index in [1.54, 1.807) is 24.3 Å². The van der Waals surface area contributed by atoms with E-state index in [9.17, 15) is 18.3 Å². The van der Waals surface area contributed by atoms with Crippen LogP contribution in [0.5, 0.6) is 11.5 Å². The van der Waals surface area contributed by atoms with Gasteiger partial charge in [0.2, 0.25) is 0 Å². The zero-order valence-corrected chi connectivity index (χ0v) is 14.4. The van der Waals surface area contributed by atoms with Crippen LogP contribution < -0.4 is 10.1 Å². The van der Waals surface area contributed by atoms with Crippen molar-refractivity contribution in [3.8, 4) is 11.5 Å². The maximum Gasteiger partial charge on any atom is 0.335 e. The van der Waals surface area contributed by atoms with Gasteiger partial charge in [0.25, 0.3) is 0 Å². The molecule has 0 fully saturated rings. The van der Waals surface area contributed by atoms with Crippen LogP contribution in [-0.2, 0) is 10.5 Å². The maximum absolute atomic E-state index is 11.3. The van der Waals surface area contributed by atoms with Gasteiger partial charge in [-0.2, -0.15) is 8.42 Å². The highest BCUT2D eigenvalue weighted by molar-refractivity contribution is 7.61. The van der Waals surface area contributed by atoms with E-state index in [-0.39, 0.29) is 17.0 Å². The van der Waals surface area contributed by atoms with Gasteiger partial charge in [-0.3, -0.25) is 0 Å². The molecule has 0 saturated heterocycles. The Labute approximate surface area is 147 Å². The second-order valence-corrected chi connectivity index (χ2v) is 5.80. The fourth-order valence-electron chi connectivity index (χ4n) is 2.13. The third-order valence-electron chi connectivity index (χ3n) is 3.30. The quantitative estimate of drug-likeness (QED) is 0.686. The SMILES string of the molecule is CCCCNc1cc(C(=O)O)cc(N=S(=O)=O)c1Oc1ccccc1. The van der Waals surface area contributed by atoms with Crippen LogP contribution in [0.3, 0.4) is 0 Å². The summed E-state index contributed by atoms with van der Waals surface area (Å²) < 4.78 is 31.3. The molecule has 0 spiro atoms. The Morgan fingerprint density at radius 1 is 1.24 bits per heavy atom. The van der Waals surface area contributed by atoms with E-state index in [0.29, 0.717) is 18.0 Å². The van der Waals surface area contributed by atoms with E-state index in [1.165, 1.54) is 12.1 Å². The summed E-state index contributed by atoms with van der Waals surface area (Å²) >= 11 is 0. The van der Waals surface area contributed by atoms with Gasteiger partial charge in [0, 0.05) is 6.54 Å². The summed E-state index contributed by atoms with van der Waals surface area (Å²) in [5, 5.41) is 12.3. The number of carboxylic acids is 1.